The van der Waals surface area contributed by atoms with E-state index in [0.717, 1.165) is 49.2 Å². The number of carbonyl (C=O) groups is 1. The molecule has 0 atom stereocenters. The lowest BCUT2D eigenvalue weighted by molar-refractivity contribution is 0.102. The number of piperazine rings is 1. The number of aryl methyl sites for hydroxylation is 1. The van der Waals surface area contributed by atoms with Gasteiger partial charge < -0.3 is 0 Å². The van der Waals surface area contributed by atoms with Gasteiger partial charge in [-0.05, 0) is 30.9 Å². The van der Waals surface area contributed by atoms with Crippen LogP contribution in [0.3, 0.4) is 0 Å². The van der Waals surface area contributed by atoms with Gasteiger partial charge in [0.15, 0.2) is 5.78 Å². The molecule has 2 aromatic heterocycles. The predicted molar refractivity (Wildman–Crippen MR) is 91.7 cm³/mol. The van der Waals surface area contributed by atoms with Gasteiger partial charge in [0.05, 0.1) is 15.6 Å². The third kappa shape index (κ3) is 4.01. The van der Waals surface area contributed by atoms with Crippen molar-refractivity contribution >= 4 is 28.5 Å². The molecule has 0 saturated carbocycles. The molecule has 118 valence electrons. The van der Waals surface area contributed by atoms with E-state index in [0.29, 0.717) is 0 Å². The average Bonchev–Trinajstić information content (AvgIpc) is 3.10. The van der Waals surface area contributed by atoms with Gasteiger partial charge in [0, 0.05) is 44.6 Å². The molecule has 4 nitrogen and oxygen atoms in total. The van der Waals surface area contributed by atoms with Crippen LogP contribution in [-0.2, 0) is 13.1 Å². The molecule has 0 spiro atoms. The zero-order chi connectivity index (χ0) is 15.5. The molecule has 22 heavy (non-hydrogen) atoms. The largest absolute Gasteiger partial charge is 0.297 e. The smallest absolute Gasteiger partial charge is 0.169 e. The standard InChI is InChI=1S/C16H21N3OS2/c1-12(20)16-7-14(10-22-16)8-18-3-5-19(6-4-18)9-15-11-21-13(2)17-15/h7,10-11H,3-6,8-9H2,1-2H3. The van der Waals surface area contributed by atoms with Crippen LogP contribution < -0.4 is 0 Å². The first kappa shape index (κ1) is 15.8. The van der Waals surface area contributed by atoms with Crippen LogP contribution in [0, 0.1) is 6.92 Å². The summed E-state index contributed by atoms with van der Waals surface area (Å²) in [7, 11) is 0. The molecule has 0 unspecified atom stereocenters. The average molecular weight is 335 g/mol. The summed E-state index contributed by atoms with van der Waals surface area (Å²) in [4.78, 5) is 21.7. The maximum atomic E-state index is 11.4. The molecule has 3 heterocycles. The van der Waals surface area contributed by atoms with E-state index in [-0.39, 0.29) is 5.78 Å². The van der Waals surface area contributed by atoms with Crippen LogP contribution in [0.1, 0.15) is 32.9 Å². The topological polar surface area (TPSA) is 36.4 Å². The van der Waals surface area contributed by atoms with Gasteiger partial charge in [-0.1, -0.05) is 0 Å². The minimum atomic E-state index is 0.166. The Kier molecular flexibility index (Phi) is 5.03. The van der Waals surface area contributed by atoms with E-state index in [9.17, 15) is 4.79 Å². The Morgan fingerprint density at radius 1 is 1.14 bits per heavy atom. The van der Waals surface area contributed by atoms with E-state index >= 15 is 0 Å². The van der Waals surface area contributed by atoms with E-state index in [1.54, 1.807) is 29.6 Å². The van der Waals surface area contributed by atoms with Gasteiger partial charge >= 0.3 is 0 Å². The first-order valence-corrected chi connectivity index (χ1v) is 9.30. The Morgan fingerprint density at radius 3 is 2.36 bits per heavy atom. The molecule has 0 aromatic carbocycles. The summed E-state index contributed by atoms with van der Waals surface area (Å²) in [5, 5.41) is 5.42. The van der Waals surface area contributed by atoms with Gasteiger partial charge in [0.2, 0.25) is 0 Å². The minimum absolute atomic E-state index is 0.166. The number of rotatable bonds is 5. The van der Waals surface area contributed by atoms with Crippen molar-refractivity contribution in [3.63, 3.8) is 0 Å². The highest BCUT2D eigenvalue weighted by atomic mass is 32.1. The maximum absolute atomic E-state index is 11.4. The molecular weight excluding hydrogens is 314 g/mol. The summed E-state index contributed by atoms with van der Waals surface area (Å²) in [6.07, 6.45) is 0. The summed E-state index contributed by atoms with van der Waals surface area (Å²) < 4.78 is 0. The number of thiophene rings is 1. The van der Waals surface area contributed by atoms with Crippen molar-refractivity contribution in [2.24, 2.45) is 0 Å². The first-order chi connectivity index (χ1) is 10.6. The van der Waals surface area contributed by atoms with Crippen LogP contribution in [0.25, 0.3) is 0 Å². The van der Waals surface area contributed by atoms with E-state index < -0.39 is 0 Å². The Morgan fingerprint density at radius 2 is 1.82 bits per heavy atom. The van der Waals surface area contributed by atoms with Crippen LogP contribution in [0.5, 0.6) is 0 Å². The maximum Gasteiger partial charge on any atom is 0.169 e. The molecule has 3 rings (SSSR count). The Hall–Kier alpha value is -1.08. The van der Waals surface area contributed by atoms with Crippen molar-refractivity contribution in [3.8, 4) is 0 Å². The highest BCUT2D eigenvalue weighted by Crippen LogP contribution is 2.18. The number of nitrogens with zero attached hydrogens (tertiary/aromatic N) is 3. The number of hydrogen-bond acceptors (Lipinski definition) is 6. The summed E-state index contributed by atoms with van der Waals surface area (Å²) in [6.45, 7) is 9.93. The van der Waals surface area contributed by atoms with Crippen LogP contribution in [-0.4, -0.2) is 46.7 Å². The highest BCUT2D eigenvalue weighted by molar-refractivity contribution is 7.12. The molecule has 1 fully saturated rings. The van der Waals surface area contributed by atoms with E-state index in [1.165, 1.54) is 11.3 Å². The van der Waals surface area contributed by atoms with Gasteiger partial charge in [-0.3, -0.25) is 14.6 Å². The lowest BCUT2D eigenvalue weighted by Crippen LogP contribution is -2.45. The molecule has 2 aromatic rings. The second-order valence-electron chi connectivity index (χ2n) is 5.79. The fraction of sp³-hybridized carbons (Fsp3) is 0.500. The van der Waals surface area contributed by atoms with Crippen LogP contribution >= 0.6 is 22.7 Å². The minimum Gasteiger partial charge on any atom is -0.297 e. The zero-order valence-electron chi connectivity index (χ0n) is 13.0. The Balaban J connectivity index is 1.47. The lowest BCUT2D eigenvalue weighted by atomic mass is 10.2. The van der Waals surface area contributed by atoms with Gasteiger partial charge in [-0.25, -0.2) is 4.98 Å². The van der Waals surface area contributed by atoms with E-state index in [4.69, 9.17) is 0 Å². The number of hydrogen-bond donors (Lipinski definition) is 0. The van der Waals surface area contributed by atoms with Crippen molar-refractivity contribution in [1.29, 1.82) is 0 Å². The van der Waals surface area contributed by atoms with Crippen molar-refractivity contribution < 1.29 is 4.79 Å². The van der Waals surface area contributed by atoms with Crippen LogP contribution in [0.2, 0.25) is 0 Å². The Labute approximate surface area is 139 Å². The monoisotopic (exact) mass is 335 g/mol. The van der Waals surface area contributed by atoms with Gasteiger partial charge in [-0.2, -0.15) is 0 Å². The second kappa shape index (κ2) is 7.00. The molecule has 0 amide bonds. The quantitative estimate of drug-likeness (QED) is 0.787. The molecule has 0 radical (unpaired) electrons. The fourth-order valence-electron chi connectivity index (χ4n) is 2.72. The summed E-state index contributed by atoms with van der Waals surface area (Å²) in [5.41, 5.74) is 2.46. The lowest BCUT2D eigenvalue weighted by Gasteiger charge is -2.34. The third-order valence-electron chi connectivity index (χ3n) is 3.92. The molecule has 0 aliphatic carbocycles. The van der Waals surface area contributed by atoms with E-state index in [2.05, 4.69) is 32.5 Å². The van der Waals surface area contributed by atoms with E-state index in [1.807, 2.05) is 6.07 Å². The first-order valence-electron chi connectivity index (χ1n) is 7.54. The van der Waals surface area contributed by atoms with Gasteiger partial charge in [-0.15, -0.1) is 22.7 Å². The molecular formula is C16H21N3OS2. The van der Waals surface area contributed by atoms with Crippen molar-refractivity contribution in [2.75, 3.05) is 26.2 Å². The third-order valence-corrected chi connectivity index (χ3v) is 5.83. The predicted octanol–water partition coefficient (Wildman–Crippen LogP) is 3.03. The number of thiazole rings is 1. The summed E-state index contributed by atoms with van der Waals surface area (Å²) in [6, 6.07) is 2.04. The normalized spacial score (nSPS) is 17.0. The van der Waals surface area contributed by atoms with Gasteiger partial charge in [0.1, 0.15) is 0 Å². The number of aromatic nitrogens is 1. The number of ketones is 1. The molecule has 6 heteroatoms. The second-order valence-corrected chi connectivity index (χ2v) is 7.76. The molecule has 1 saturated heterocycles. The zero-order valence-corrected chi connectivity index (χ0v) is 14.7. The molecule has 0 N–H and O–H groups in total. The van der Waals surface area contributed by atoms with Crippen LogP contribution in [0.15, 0.2) is 16.8 Å². The Bertz CT molecular complexity index is 641. The number of carbonyl (C=O) groups excluding carboxylic acids is 1. The van der Waals surface area contributed by atoms with Crippen molar-refractivity contribution in [3.05, 3.63) is 38.0 Å². The van der Waals surface area contributed by atoms with Crippen molar-refractivity contribution in [2.45, 2.75) is 26.9 Å². The SMILES string of the molecule is CC(=O)c1cc(CN2CCN(Cc3csc(C)n3)CC2)cs1. The molecule has 0 bridgehead atoms. The summed E-state index contributed by atoms with van der Waals surface area (Å²) in [5.74, 6) is 0.166. The van der Waals surface area contributed by atoms with Crippen molar-refractivity contribution in [1.82, 2.24) is 14.8 Å². The highest BCUT2D eigenvalue weighted by Gasteiger charge is 2.18. The van der Waals surface area contributed by atoms with Gasteiger partial charge in [0.25, 0.3) is 0 Å². The molecule has 1 aliphatic heterocycles. The fourth-order valence-corrected chi connectivity index (χ4v) is 4.13. The number of Topliss-reactive ketones (excluding diaryl/α,β-unsaturated/α-hetero) is 1. The van der Waals surface area contributed by atoms with Crippen LogP contribution in [0.4, 0.5) is 0 Å². The molecule has 1 aliphatic rings. The summed E-state index contributed by atoms with van der Waals surface area (Å²) >= 11 is 3.28.